The summed E-state index contributed by atoms with van der Waals surface area (Å²) in [5, 5.41) is 4.41. The second-order valence-electron chi connectivity index (χ2n) is 3.53. The van der Waals surface area contributed by atoms with Gasteiger partial charge in [-0.05, 0) is 19.1 Å². The van der Waals surface area contributed by atoms with E-state index in [0.717, 1.165) is 17.8 Å². The summed E-state index contributed by atoms with van der Waals surface area (Å²) in [7, 11) is 0. The van der Waals surface area contributed by atoms with Gasteiger partial charge in [0.05, 0.1) is 17.8 Å². The van der Waals surface area contributed by atoms with Crippen molar-refractivity contribution in [2.45, 2.75) is 13.5 Å². The summed E-state index contributed by atoms with van der Waals surface area (Å²) in [6.07, 6.45) is 0. The minimum absolute atomic E-state index is 0.713. The number of hydrogen-bond donors (Lipinski definition) is 1. The second kappa shape index (κ2) is 5.29. The van der Waals surface area contributed by atoms with Crippen LogP contribution in [-0.2, 0) is 6.54 Å². The van der Waals surface area contributed by atoms with E-state index >= 15 is 0 Å². The molecule has 1 aromatic heterocycles. The standard InChI is InChI=1S/C14H14N2/c1-2-3-10-15-11-13-9-8-12-6-4-5-7-14(12)16-13/h4-9,15H,10-11H2,1H3. The van der Waals surface area contributed by atoms with Crippen LogP contribution in [0.3, 0.4) is 0 Å². The summed E-state index contributed by atoms with van der Waals surface area (Å²) < 4.78 is 0. The topological polar surface area (TPSA) is 24.9 Å². The Bertz CT molecular complexity index is 535. The molecule has 1 aromatic carbocycles. The summed E-state index contributed by atoms with van der Waals surface area (Å²) >= 11 is 0. The van der Waals surface area contributed by atoms with Crippen LogP contribution in [-0.4, -0.2) is 11.5 Å². The number of hydrogen-bond acceptors (Lipinski definition) is 2. The molecule has 0 saturated carbocycles. The Morgan fingerprint density at radius 1 is 1.19 bits per heavy atom. The number of nitrogens with zero attached hydrogens (tertiary/aromatic N) is 1. The lowest BCUT2D eigenvalue weighted by atomic mass is 10.2. The molecule has 0 atom stereocenters. The summed E-state index contributed by atoms with van der Waals surface area (Å²) in [5.41, 5.74) is 2.10. The molecule has 1 N–H and O–H groups in total. The van der Waals surface area contributed by atoms with Gasteiger partial charge in [0, 0.05) is 11.9 Å². The fraction of sp³-hybridized carbons (Fsp3) is 0.214. The monoisotopic (exact) mass is 210 g/mol. The molecule has 0 spiro atoms. The van der Waals surface area contributed by atoms with Gasteiger partial charge < -0.3 is 5.32 Å². The molecule has 2 aromatic rings. The van der Waals surface area contributed by atoms with Crippen LogP contribution in [0.4, 0.5) is 0 Å². The molecule has 2 heteroatoms. The molecule has 0 aliphatic carbocycles. The van der Waals surface area contributed by atoms with Crippen molar-refractivity contribution < 1.29 is 0 Å². The summed E-state index contributed by atoms with van der Waals surface area (Å²) in [4.78, 5) is 4.56. The molecule has 0 amide bonds. The van der Waals surface area contributed by atoms with Crippen molar-refractivity contribution in [3.63, 3.8) is 0 Å². The van der Waals surface area contributed by atoms with Gasteiger partial charge in [0.25, 0.3) is 0 Å². The summed E-state index contributed by atoms with van der Waals surface area (Å²) in [6.45, 7) is 3.32. The zero-order valence-electron chi connectivity index (χ0n) is 9.33. The Hall–Kier alpha value is -1.85. The van der Waals surface area contributed by atoms with E-state index < -0.39 is 0 Å². The van der Waals surface area contributed by atoms with E-state index in [1.807, 2.05) is 25.1 Å². The number of nitrogens with one attached hydrogen (secondary N) is 1. The average molecular weight is 210 g/mol. The molecule has 0 aliphatic rings. The molecular weight excluding hydrogens is 196 g/mol. The number of para-hydroxylation sites is 1. The molecule has 0 aliphatic heterocycles. The zero-order chi connectivity index (χ0) is 11.2. The number of benzene rings is 1. The first-order valence-corrected chi connectivity index (χ1v) is 5.35. The highest BCUT2D eigenvalue weighted by molar-refractivity contribution is 5.78. The Morgan fingerprint density at radius 2 is 2.06 bits per heavy atom. The lowest BCUT2D eigenvalue weighted by Crippen LogP contribution is -2.14. The third kappa shape index (κ3) is 2.59. The predicted octanol–water partition coefficient (Wildman–Crippen LogP) is 2.35. The normalized spacial score (nSPS) is 9.81. The van der Waals surface area contributed by atoms with Crippen molar-refractivity contribution in [2.24, 2.45) is 0 Å². The van der Waals surface area contributed by atoms with Crippen LogP contribution in [0, 0.1) is 11.8 Å². The lowest BCUT2D eigenvalue weighted by molar-refractivity contribution is 0.752. The van der Waals surface area contributed by atoms with Crippen LogP contribution in [0.15, 0.2) is 36.4 Å². The first-order valence-electron chi connectivity index (χ1n) is 5.35. The van der Waals surface area contributed by atoms with Crippen molar-refractivity contribution in [1.82, 2.24) is 10.3 Å². The number of pyridine rings is 1. The zero-order valence-corrected chi connectivity index (χ0v) is 9.33. The number of rotatable bonds is 3. The Kier molecular flexibility index (Phi) is 3.53. The third-order valence-electron chi connectivity index (χ3n) is 2.35. The van der Waals surface area contributed by atoms with Gasteiger partial charge in [-0.15, -0.1) is 5.92 Å². The minimum Gasteiger partial charge on any atom is -0.301 e. The molecule has 16 heavy (non-hydrogen) atoms. The molecule has 2 nitrogen and oxygen atoms in total. The van der Waals surface area contributed by atoms with Crippen LogP contribution in [0.25, 0.3) is 10.9 Å². The van der Waals surface area contributed by atoms with Crippen molar-refractivity contribution >= 4 is 10.9 Å². The minimum atomic E-state index is 0.713. The molecule has 0 fully saturated rings. The lowest BCUT2D eigenvalue weighted by Gasteiger charge is -2.02. The Morgan fingerprint density at radius 3 is 2.94 bits per heavy atom. The maximum absolute atomic E-state index is 4.56. The second-order valence-corrected chi connectivity index (χ2v) is 3.53. The molecule has 0 radical (unpaired) electrons. The maximum atomic E-state index is 4.56. The predicted molar refractivity (Wildman–Crippen MR) is 66.9 cm³/mol. The van der Waals surface area contributed by atoms with E-state index in [1.165, 1.54) is 5.39 Å². The van der Waals surface area contributed by atoms with Gasteiger partial charge in [0.2, 0.25) is 0 Å². The van der Waals surface area contributed by atoms with Crippen molar-refractivity contribution in [1.29, 1.82) is 0 Å². The van der Waals surface area contributed by atoms with E-state index in [2.05, 4.69) is 40.3 Å². The van der Waals surface area contributed by atoms with Gasteiger partial charge in [-0.1, -0.05) is 30.2 Å². The van der Waals surface area contributed by atoms with E-state index in [0.29, 0.717) is 6.54 Å². The first kappa shape index (κ1) is 10.7. The molecule has 0 unspecified atom stereocenters. The van der Waals surface area contributed by atoms with E-state index in [9.17, 15) is 0 Å². The molecule has 1 heterocycles. The molecule has 0 bridgehead atoms. The highest BCUT2D eigenvalue weighted by Crippen LogP contribution is 2.11. The maximum Gasteiger partial charge on any atom is 0.0705 e. The highest BCUT2D eigenvalue weighted by atomic mass is 14.9. The third-order valence-corrected chi connectivity index (χ3v) is 2.35. The van der Waals surface area contributed by atoms with Gasteiger partial charge in [0.15, 0.2) is 0 Å². The molecular formula is C14H14N2. The van der Waals surface area contributed by atoms with E-state index in [-0.39, 0.29) is 0 Å². The van der Waals surface area contributed by atoms with Crippen LogP contribution in [0.1, 0.15) is 12.6 Å². The first-order chi connectivity index (χ1) is 7.90. The smallest absolute Gasteiger partial charge is 0.0705 e. The van der Waals surface area contributed by atoms with Crippen molar-refractivity contribution in [3.05, 3.63) is 42.1 Å². The quantitative estimate of drug-likeness (QED) is 0.621. The van der Waals surface area contributed by atoms with Gasteiger partial charge >= 0.3 is 0 Å². The van der Waals surface area contributed by atoms with E-state index in [1.54, 1.807) is 0 Å². The SMILES string of the molecule is CC#CCNCc1ccc2ccccc2n1. The van der Waals surface area contributed by atoms with Crippen LogP contribution >= 0.6 is 0 Å². The largest absolute Gasteiger partial charge is 0.301 e. The van der Waals surface area contributed by atoms with Crippen LogP contribution in [0.2, 0.25) is 0 Å². The number of aromatic nitrogens is 1. The Labute approximate surface area is 95.7 Å². The average Bonchev–Trinajstić information content (AvgIpc) is 2.34. The molecule has 0 saturated heterocycles. The van der Waals surface area contributed by atoms with Crippen LogP contribution in [0.5, 0.6) is 0 Å². The fourth-order valence-corrected chi connectivity index (χ4v) is 1.55. The van der Waals surface area contributed by atoms with Crippen LogP contribution < -0.4 is 5.32 Å². The summed E-state index contributed by atoms with van der Waals surface area (Å²) in [6, 6.07) is 12.3. The highest BCUT2D eigenvalue weighted by Gasteiger charge is 1.96. The van der Waals surface area contributed by atoms with Gasteiger partial charge in [0.1, 0.15) is 0 Å². The van der Waals surface area contributed by atoms with Gasteiger partial charge in [-0.3, -0.25) is 4.98 Å². The molecule has 80 valence electrons. The summed E-state index contributed by atoms with van der Waals surface area (Å²) in [5.74, 6) is 5.82. The van der Waals surface area contributed by atoms with Crippen molar-refractivity contribution in [3.8, 4) is 11.8 Å². The molecule has 2 rings (SSSR count). The van der Waals surface area contributed by atoms with E-state index in [4.69, 9.17) is 0 Å². The Balaban J connectivity index is 2.09. The fourth-order valence-electron chi connectivity index (χ4n) is 1.55. The van der Waals surface area contributed by atoms with Gasteiger partial charge in [-0.25, -0.2) is 0 Å². The van der Waals surface area contributed by atoms with Gasteiger partial charge in [-0.2, -0.15) is 0 Å². The number of fused-ring (bicyclic) bond motifs is 1. The van der Waals surface area contributed by atoms with Crippen molar-refractivity contribution in [2.75, 3.05) is 6.54 Å².